The molecule has 3 aromatic rings. The van der Waals surface area contributed by atoms with Crippen LogP contribution in [0.25, 0.3) is 22.2 Å². The molecule has 0 aliphatic heterocycles. The quantitative estimate of drug-likeness (QED) is 0.609. The summed E-state index contributed by atoms with van der Waals surface area (Å²) in [6, 6.07) is 9.29. The molecule has 152 valence electrons. The van der Waals surface area contributed by atoms with Crippen LogP contribution in [0.1, 0.15) is 10.4 Å². The molecule has 0 fully saturated rings. The second kappa shape index (κ2) is 8.10. The van der Waals surface area contributed by atoms with Crippen LogP contribution in [0.4, 0.5) is 4.39 Å². The summed E-state index contributed by atoms with van der Waals surface area (Å²) in [5.74, 6) is -1.10. The van der Waals surface area contributed by atoms with Gasteiger partial charge in [0.05, 0.1) is 29.6 Å². The first-order valence-corrected chi connectivity index (χ1v) is 10.4. The van der Waals surface area contributed by atoms with Crippen molar-refractivity contribution in [1.29, 1.82) is 0 Å². The summed E-state index contributed by atoms with van der Waals surface area (Å²) in [6.45, 7) is -0.170. The van der Waals surface area contributed by atoms with Gasteiger partial charge in [-0.15, -0.1) is 5.10 Å². The van der Waals surface area contributed by atoms with Crippen LogP contribution in [-0.2, 0) is 21.1 Å². The number of benzene rings is 2. The molecule has 0 atom stereocenters. The van der Waals surface area contributed by atoms with E-state index < -0.39 is 21.6 Å². The lowest BCUT2D eigenvalue weighted by atomic mass is 10.0. The number of sulfone groups is 1. The molecular weight excluding hydrogens is 399 g/mol. The van der Waals surface area contributed by atoms with Gasteiger partial charge in [0.2, 0.25) is 0 Å². The van der Waals surface area contributed by atoms with Crippen molar-refractivity contribution in [3.05, 3.63) is 53.9 Å². The summed E-state index contributed by atoms with van der Waals surface area (Å²) in [6.07, 6.45) is 2.32. The Kier molecular flexibility index (Phi) is 5.76. The van der Waals surface area contributed by atoms with Gasteiger partial charge in [0.25, 0.3) is 0 Å². The van der Waals surface area contributed by atoms with Crippen LogP contribution < -0.4 is 5.73 Å². The smallest absolute Gasteiger partial charge is 0.337 e. The first-order chi connectivity index (χ1) is 13.7. The number of methoxy groups -OCH3 is 1. The average Bonchev–Trinajstić information content (AvgIpc) is 3.09. The van der Waals surface area contributed by atoms with Gasteiger partial charge in [-0.05, 0) is 35.9 Å². The summed E-state index contributed by atoms with van der Waals surface area (Å²) in [4.78, 5) is 12.3. The zero-order chi connectivity index (χ0) is 21.2. The molecule has 0 radical (unpaired) electrons. The van der Waals surface area contributed by atoms with E-state index in [4.69, 9.17) is 10.5 Å². The third kappa shape index (κ3) is 4.33. The minimum atomic E-state index is -3.44. The number of aromatic nitrogens is 3. The monoisotopic (exact) mass is 418 g/mol. The highest BCUT2D eigenvalue weighted by Gasteiger charge is 2.18. The molecule has 0 bridgehead atoms. The number of halogens is 1. The number of nitrogens with two attached hydrogens (primary N) is 1. The number of ether oxygens (including phenoxy) is 1. The van der Waals surface area contributed by atoms with Crippen LogP contribution in [0.5, 0.6) is 0 Å². The zero-order valence-corrected chi connectivity index (χ0v) is 16.6. The largest absolute Gasteiger partial charge is 0.465 e. The molecule has 1 aromatic heterocycles. The number of nitrogens with zero attached hydrogens (tertiary/aromatic N) is 3. The van der Waals surface area contributed by atoms with Crippen molar-refractivity contribution in [1.82, 2.24) is 15.0 Å². The molecule has 3 rings (SSSR count). The SMILES string of the molecule is COC(=O)c1cc(-c2cccc(S(C)(=O)=O)c2)c2nnn(C/C(F)=C/CN)c2c1. The predicted molar refractivity (Wildman–Crippen MR) is 106 cm³/mol. The van der Waals surface area contributed by atoms with Gasteiger partial charge in [-0.25, -0.2) is 22.3 Å². The van der Waals surface area contributed by atoms with E-state index in [1.165, 1.54) is 36.1 Å². The van der Waals surface area contributed by atoms with E-state index in [0.717, 1.165) is 6.26 Å². The Morgan fingerprint density at radius 2 is 2.07 bits per heavy atom. The third-order valence-corrected chi connectivity index (χ3v) is 5.37. The molecule has 0 saturated carbocycles. The highest BCUT2D eigenvalue weighted by Crippen LogP contribution is 2.31. The minimum Gasteiger partial charge on any atom is -0.465 e. The number of allylic oxidation sites excluding steroid dienone is 1. The molecule has 0 spiro atoms. The number of hydrogen-bond acceptors (Lipinski definition) is 7. The van der Waals surface area contributed by atoms with Gasteiger partial charge >= 0.3 is 5.97 Å². The lowest BCUT2D eigenvalue weighted by Gasteiger charge is -2.09. The molecule has 29 heavy (non-hydrogen) atoms. The summed E-state index contributed by atoms with van der Waals surface area (Å²) in [5.41, 5.74) is 7.32. The maximum absolute atomic E-state index is 14.0. The Labute approximate surface area is 166 Å². The summed E-state index contributed by atoms with van der Waals surface area (Å²) >= 11 is 0. The summed E-state index contributed by atoms with van der Waals surface area (Å²) in [5, 5.41) is 8.09. The fraction of sp³-hybridized carbons (Fsp3) is 0.211. The second-order valence-corrected chi connectivity index (χ2v) is 8.33. The number of esters is 1. The molecule has 0 unspecified atom stereocenters. The minimum absolute atomic E-state index is 0.0371. The van der Waals surface area contributed by atoms with E-state index in [1.807, 2.05) is 0 Å². The van der Waals surface area contributed by atoms with E-state index in [-0.39, 0.29) is 23.5 Å². The van der Waals surface area contributed by atoms with Crippen LogP contribution in [0.2, 0.25) is 0 Å². The van der Waals surface area contributed by atoms with Crippen molar-refractivity contribution in [3.63, 3.8) is 0 Å². The van der Waals surface area contributed by atoms with E-state index >= 15 is 0 Å². The number of hydrogen-bond donors (Lipinski definition) is 1. The Morgan fingerprint density at radius 1 is 1.31 bits per heavy atom. The van der Waals surface area contributed by atoms with Crippen molar-refractivity contribution >= 4 is 26.8 Å². The Balaban J connectivity index is 2.25. The summed E-state index contributed by atoms with van der Waals surface area (Å²) < 4.78 is 43.9. The normalized spacial score (nSPS) is 12.3. The van der Waals surface area contributed by atoms with Crippen molar-refractivity contribution in [2.75, 3.05) is 19.9 Å². The van der Waals surface area contributed by atoms with E-state index in [9.17, 15) is 17.6 Å². The van der Waals surface area contributed by atoms with E-state index in [0.29, 0.717) is 22.2 Å². The van der Waals surface area contributed by atoms with E-state index in [2.05, 4.69) is 10.3 Å². The summed E-state index contributed by atoms with van der Waals surface area (Å²) in [7, 11) is -2.19. The molecule has 2 aromatic carbocycles. The first-order valence-electron chi connectivity index (χ1n) is 8.55. The Morgan fingerprint density at radius 3 is 2.72 bits per heavy atom. The lowest BCUT2D eigenvalue weighted by Crippen LogP contribution is -2.05. The highest BCUT2D eigenvalue weighted by molar-refractivity contribution is 7.90. The first kappa shape index (κ1) is 20.6. The van der Waals surface area contributed by atoms with E-state index in [1.54, 1.807) is 18.2 Å². The molecular formula is C19H19FN4O4S. The van der Waals surface area contributed by atoms with Gasteiger partial charge in [-0.2, -0.15) is 0 Å². The van der Waals surface area contributed by atoms with Crippen molar-refractivity contribution in [2.24, 2.45) is 5.73 Å². The fourth-order valence-corrected chi connectivity index (χ4v) is 3.54. The molecule has 0 aliphatic rings. The maximum Gasteiger partial charge on any atom is 0.337 e. The zero-order valence-electron chi connectivity index (χ0n) is 15.8. The van der Waals surface area contributed by atoms with Crippen molar-refractivity contribution in [2.45, 2.75) is 11.4 Å². The fourth-order valence-electron chi connectivity index (χ4n) is 2.87. The second-order valence-electron chi connectivity index (χ2n) is 6.32. The van der Waals surface area contributed by atoms with Gasteiger partial charge in [0.1, 0.15) is 11.3 Å². The van der Waals surface area contributed by atoms with Gasteiger partial charge in [0.15, 0.2) is 9.84 Å². The Bertz CT molecular complexity index is 1220. The molecule has 10 heteroatoms. The van der Waals surface area contributed by atoms with Crippen LogP contribution >= 0.6 is 0 Å². The predicted octanol–water partition coefficient (Wildman–Crippen LogP) is 2.10. The number of carbonyl (C=O) groups is 1. The van der Waals surface area contributed by atoms with Crippen LogP contribution in [0.3, 0.4) is 0 Å². The Hall–Kier alpha value is -3.11. The van der Waals surface area contributed by atoms with Crippen LogP contribution in [0, 0.1) is 0 Å². The molecule has 0 saturated heterocycles. The lowest BCUT2D eigenvalue weighted by molar-refractivity contribution is 0.0601. The molecule has 0 amide bonds. The van der Waals surface area contributed by atoms with Gasteiger partial charge in [-0.1, -0.05) is 17.3 Å². The average molecular weight is 418 g/mol. The van der Waals surface area contributed by atoms with Crippen LogP contribution in [-0.4, -0.2) is 49.3 Å². The molecule has 0 aliphatic carbocycles. The van der Waals surface area contributed by atoms with Crippen LogP contribution in [0.15, 0.2) is 53.2 Å². The van der Waals surface area contributed by atoms with Gasteiger partial charge in [-0.3, -0.25) is 0 Å². The van der Waals surface area contributed by atoms with Crippen molar-refractivity contribution < 1.29 is 22.3 Å². The van der Waals surface area contributed by atoms with Gasteiger partial charge < -0.3 is 10.5 Å². The standard InChI is InChI=1S/C19H19FN4O4S/c1-28-19(25)13-9-16(12-4-3-5-15(8-12)29(2,26)27)18-17(10-13)24(23-22-18)11-14(20)6-7-21/h3-6,8-10H,7,11,21H2,1-2H3/b14-6-. The van der Waals surface area contributed by atoms with Gasteiger partial charge in [0, 0.05) is 18.4 Å². The molecule has 2 N–H and O–H groups in total. The molecule has 1 heterocycles. The maximum atomic E-state index is 14.0. The third-order valence-electron chi connectivity index (χ3n) is 4.26. The van der Waals surface area contributed by atoms with Crippen molar-refractivity contribution in [3.8, 4) is 11.1 Å². The number of carbonyl (C=O) groups excluding carboxylic acids is 1. The number of rotatable bonds is 6. The highest BCUT2D eigenvalue weighted by atomic mass is 32.2. The molecule has 8 nitrogen and oxygen atoms in total. The topological polar surface area (TPSA) is 117 Å². The number of fused-ring (bicyclic) bond motifs is 1.